The Morgan fingerprint density at radius 2 is 1.85 bits per heavy atom. The molecule has 0 amide bonds. The molecule has 1 N–H and O–H groups in total. The fourth-order valence-electron chi connectivity index (χ4n) is 2.88. The zero-order chi connectivity index (χ0) is 20.0. The number of aromatic amines is 1. The van der Waals surface area contributed by atoms with Gasteiger partial charge in [-0.3, -0.25) is 9.59 Å². The van der Waals surface area contributed by atoms with Gasteiger partial charge in [-0.2, -0.15) is 0 Å². The third-order valence-corrected chi connectivity index (χ3v) is 4.03. The summed E-state index contributed by atoms with van der Waals surface area (Å²) in [6, 6.07) is 7.30. The van der Waals surface area contributed by atoms with Crippen molar-refractivity contribution in [3.63, 3.8) is 0 Å². The SMILES string of the molecule is CCOc1ccccc1/C=C/C(=O)OCC(=O)c1[nH]c(C)c(C(C)=O)c1C. The van der Waals surface area contributed by atoms with Gasteiger partial charge < -0.3 is 14.5 Å². The number of ketones is 2. The Kier molecular flexibility index (Phi) is 6.71. The maximum Gasteiger partial charge on any atom is 0.331 e. The maximum atomic E-state index is 12.3. The summed E-state index contributed by atoms with van der Waals surface area (Å²) in [5.74, 6) is -0.482. The second-order valence-electron chi connectivity index (χ2n) is 6.02. The van der Waals surface area contributed by atoms with Crippen molar-refractivity contribution in [2.24, 2.45) is 0 Å². The lowest BCUT2D eigenvalue weighted by Crippen LogP contribution is -2.14. The predicted molar refractivity (Wildman–Crippen MR) is 102 cm³/mol. The Hall–Kier alpha value is -3.15. The predicted octanol–water partition coefficient (Wildman–Crippen LogP) is 3.67. The van der Waals surface area contributed by atoms with Crippen molar-refractivity contribution in [1.82, 2.24) is 4.98 Å². The molecular formula is C21H23NO5. The highest BCUT2D eigenvalue weighted by Crippen LogP contribution is 2.20. The molecule has 0 aliphatic carbocycles. The van der Waals surface area contributed by atoms with Gasteiger partial charge in [-0.05, 0) is 45.4 Å². The second-order valence-corrected chi connectivity index (χ2v) is 6.02. The van der Waals surface area contributed by atoms with Gasteiger partial charge in [0, 0.05) is 22.9 Å². The molecule has 1 heterocycles. The van der Waals surface area contributed by atoms with Crippen LogP contribution in [0.15, 0.2) is 30.3 Å². The van der Waals surface area contributed by atoms with E-state index in [0.29, 0.717) is 29.2 Å². The van der Waals surface area contributed by atoms with Crippen LogP contribution in [0.25, 0.3) is 6.08 Å². The molecule has 0 aliphatic rings. The molecule has 1 aromatic heterocycles. The number of aryl methyl sites for hydroxylation is 1. The molecule has 0 radical (unpaired) electrons. The second kappa shape index (κ2) is 8.98. The Labute approximate surface area is 158 Å². The summed E-state index contributed by atoms with van der Waals surface area (Å²) >= 11 is 0. The molecule has 142 valence electrons. The minimum Gasteiger partial charge on any atom is -0.493 e. The number of Topliss-reactive ketones (excluding diaryl/α,β-unsaturated/α-hetero) is 2. The maximum absolute atomic E-state index is 12.3. The van der Waals surface area contributed by atoms with Crippen LogP contribution in [0.4, 0.5) is 0 Å². The topological polar surface area (TPSA) is 85.5 Å². The average molecular weight is 369 g/mol. The van der Waals surface area contributed by atoms with Gasteiger partial charge in [-0.25, -0.2) is 4.79 Å². The number of aromatic nitrogens is 1. The molecule has 6 nitrogen and oxygen atoms in total. The van der Waals surface area contributed by atoms with Crippen LogP contribution in [-0.4, -0.2) is 35.7 Å². The lowest BCUT2D eigenvalue weighted by atomic mass is 10.1. The average Bonchev–Trinajstić information content (AvgIpc) is 2.93. The monoisotopic (exact) mass is 369 g/mol. The molecular weight excluding hydrogens is 346 g/mol. The first-order valence-electron chi connectivity index (χ1n) is 8.65. The fraction of sp³-hybridized carbons (Fsp3) is 0.286. The Morgan fingerprint density at radius 3 is 2.48 bits per heavy atom. The number of ether oxygens (including phenoxy) is 2. The molecule has 0 unspecified atom stereocenters. The van der Waals surface area contributed by atoms with Crippen molar-refractivity contribution in [2.75, 3.05) is 13.2 Å². The number of hydrogen-bond donors (Lipinski definition) is 1. The summed E-state index contributed by atoms with van der Waals surface area (Å²) in [6.07, 6.45) is 2.83. The van der Waals surface area contributed by atoms with Crippen LogP contribution in [0.5, 0.6) is 5.75 Å². The third-order valence-electron chi connectivity index (χ3n) is 4.03. The van der Waals surface area contributed by atoms with Crippen molar-refractivity contribution in [3.05, 3.63) is 58.4 Å². The van der Waals surface area contributed by atoms with Crippen LogP contribution in [0, 0.1) is 13.8 Å². The van der Waals surface area contributed by atoms with E-state index in [2.05, 4.69) is 4.98 Å². The first-order chi connectivity index (χ1) is 12.8. The summed E-state index contributed by atoms with van der Waals surface area (Å²) in [7, 11) is 0. The number of nitrogens with one attached hydrogen (secondary N) is 1. The molecule has 6 heteroatoms. The minimum absolute atomic E-state index is 0.117. The first kappa shape index (κ1) is 20.2. The molecule has 0 saturated heterocycles. The zero-order valence-electron chi connectivity index (χ0n) is 15.9. The van der Waals surface area contributed by atoms with Crippen LogP contribution in [-0.2, 0) is 9.53 Å². The summed E-state index contributed by atoms with van der Waals surface area (Å²) in [6.45, 7) is 6.85. The van der Waals surface area contributed by atoms with E-state index in [4.69, 9.17) is 9.47 Å². The Bertz CT molecular complexity index is 892. The van der Waals surface area contributed by atoms with Crippen LogP contribution in [0.3, 0.4) is 0 Å². The van der Waals surface area contributed by atoms with E-state index < -0.39 is 12.6 Å². The van der Waals surface area contributed by atoms with Crippen LogP contribution in [0.2, 0.25) is 0 Å². The van der Waals surface area contributed by atoms with E-state index in [1.165, 1.54) is 13.0 Å². The fourth-order valence-corrected chi connectivity index (χ4v) is 2.88. The number of carbonyl (C=O) groups excluding carboxylic acids is 3. The van der Waals surface area contributed by atoms with Gasteiger partial charge in [0.25, 0.3) is 0 Å². The van der Waals surface area contributed by atoms with E-state index in [0.717, 1.165) is 5.56 Å². The number of H-pyrrole nitrogens is 1. The summed E-state index contributed by atoms with van der Waals surface area (Å²) in [5.41, 5.74) is 2.72. The summed E-state index contributed by atoms with van der Waals surface area (Å²) in [4.78, 5) is 38.8. The number of para-hydroxylation sites is 1. The minimum atomic E-state index is -0.637. The largest absolute Gasteiger partial charge is 0.493 e. The third kappa shape index (κ3) is 4.94. The van der Waals surface area contributed by atoms with Crippen LogP contribution < -0.4 is 4.74 Å². The van der Waals surface area contributed by atoms with E-state index in [-0.39, 0.29) is 17.3 Å². The van der Waals surface area contributed by atoms with Crippen LogP contribution in [0.1, 0.15) is 51.5 Å². The number of esters is 1. The molecule has 27 heavy (non-hydrogen) atoms. The Balaban J connectivity index is 2.01. The van der Waals surface area contributed by atoms with Crippen molar-refractivity contribution in [2.45, 2.75) is 27.7 Å². The first-order valence-corrected chi connectivity index (χ1v) is 8.65. The zero-order valence-corrected chi connectivity index (χ0v) is 15.9. The van der Waals surface area contributed by atoms with Gasteiger partial charge in [0.05, 0.1) is 12.3 Å². The molecule has 0 fully saturated rings. The van der Waals surface area contributed by atoms with Crippen LogP contribution >= 0.6 is 0 Å². The van der Waals surface area contributed by atoms with Gasteiger partial charge >= 0.3 is 5.97 Å². The number of hydrogen-bond acceptors (Lipinski definition) is 5. The van der Waals surface area contributed by atoms with E-state index in [9.17, 15) is 14.4 Å². The molecule has 0 saturated carbocycles. The van der Waals surface area contributed by atoms with Crippen molar-refractivity contribution in [1.29, 1.82) is 0 Å². The number of rotatable bonds is 8. The van der Waals surface area contributed by atoms with Gasteiger partial charge in [0.15, 0.2) is 12.4 Å². The normalized spacial score (nSPS) is 10.8. The standard InChI is InChI=1S/C21H23NO5/c1-5-26-18-9-7-6-8-16(18)10-11-19(25)27-12-17(24)21-13(2)20(15(4)23)14(3)22-21/h6-11,22H,5,12H2,1-4H3/b11-10+. The lowest BCUT2D eigenvalue weighted by molar-refractivity contribution is -0.136. The van der Waals surface area contributed by atoms with Crippen molar-refractivity contribution >= 4 is 23.6 Å². The van der Waals surface area contributed by atoms with Crippen molar-refractivity contribution < 1.29 is 23.9 Å². The summed E-state index contributed by atoms with van der Waals surface area (Å²) < 4.78 is 10.5. The van der Waals surface area contributed by atoms with E-state index in [1.807, 2.05) is 25.1 Å². The van der Waals surface area contributed by atoms with Crippen molar-refractivity contribution in [3.8, 4) is 5.75 Å². The quantitative estimate of drug-likeness (QED) is 0.436. The number of benzene rings is 1. The number of carbonyl (C=O) groups is 3. The smallest absolute Gasteiger partial charge is 0.331 e. The molecule has 2 aromatic rings. The molecule has 2 rings (SSSR count). The molecule has 0 bridgehead atoms. The van der Waals surface area contributed by atoms with Gasteiger partial charge in [-0.15, -0.1) is 0 Å². The summed E-state index contributed by atoms with van der Waals surface area (Å²) in [5, 5.41) is 0. The molecule has 0 atom stereocenters. The highest BCUT2D eigenvalue weighted by molar-refractivity contribution is 6.04. The molecule has 1 aromatic carbocycles. The van der Waals surface area contributed by atoms with Gasteiger partial charge in [-0.1, -0.05) is 18.2 Å². The highest BCUT2D eigenvalue weighted by atomic mass is 16.5. The molecule has 0 aliphatic heterocycles. The van der Waals surface area contributed by atoms with Gasteiger partial charge in [0.2, 0.25) is 5.78 Å². The molecule has 0 spiro atoms. The van der Waals surface area contributed by atoms with Gasteiger partial charge in [0.1, 0.15) is 5.75 Å². The Morgan fingerprint density at radius 1 is 1.15 bits per heavy atom. The lowest BCUT2D eigenvalue weighted by Gasteiger charge is -2.06. The van der Waals surface area contributed by atoms with E-state index >= 15 is 0 Å². The highest BCUT2D eigenvalue weighted by Gasteiger charge is 2.20. The van der Waals surface area contributed by atoms with E-state index in [1.54, 1.807) is 26.0 Å².